The first kappa shape index (κ1) is 21.8. The van der Waals surface area contributed by atoms with Gasteiger partial charge >= 0.3 is 5.97 Å². The SMILES string of the molecule is Cc1c(C(CC(C)(C)C)C(=O)O)c2c(F)c(O)ccc2n1C(=O)c1ccc(Cl)cc1. The van der Waals surface area contributed by atoms with Crippen molar-refractivity contribution < 1.29 is 24.2 Å². The van der Waals surface area contributed by atoms with Crippen LogP contribution in [0.25, 0.3) is 10.9 Å². The number of benzene rings is 2. The van der Waals surface area contributed by atoms with Crippen LogP contribution in [0.2, 0.25) is 5.02 Å². The second kappa shape index (κ2) is 7.76. The molecule has 30 heavy (non-hydrogen) atoms. The maximum Gasteiger partial charge on any atom is 0.311 e. The Labute approximate surface area is 178 Å². The fourth-order valence-electron chi connectivity index (χ4n) is 3.81. The van der Waals surface area contributed by atoms with Crippen molar-refractivity contribution in [2.24, 2.45) is 5.41 Å². The molecule has 0 aliphatic rings. The monoisotopic (exact) mass is 431 g/mol. The number of carboxylic acid groups (broad SMARTS) is 1. The molecule has 1 atom stereocenters. The van der Waals surface area contributed by atoms with E-state index in [4.69, 9.17) is 11.6 Å². The lowest BCUT2D eigenvalue weighted by molar-refractivity contribution is -0.139. The van der Waals surface area contributed by atoms with Crippen LogP contribution in [0, 0.1) is 18.2 Å². The van der Waals surface area contributed by atoms with E-state index in [0.29, 0.717) is 16.3 Å². The molecule has 0 bridgehead atoms. The van der Waals surface area contributed by atoms with Gasteiger partial charge in [0.05, 0.1) is 11.4 Å². The van der Waals surface area contributed by atoms with Gasteiger partial charge in [0, 0.05) is 21.7 Å². The van der Waals surface area contributed by atoms with Crippen LogP contribution in [0.3, 0.4) is 0 Å². The number of hydrogen-bond donors (Lipinski definition) is 2. The Morgan fingerprint density at radius 1 is 1.13 bits per heavy atom. The van der Waals surface area contributed by atoms with Crippen LogP contribution >= 0.6 is 11.6 Å². The van der Waals surface area contributed by atoms with E-state index in [1.54, 1.807) is 31.2 Å². The highest BCUT2D eigenvalue weighted by molar-refractivity contribution is 6.30. The topological polar surface area (TPSA) is 79.5 Å². The quantitative estimate of drug-likeness (QED) is 0.552. The van der Waals surface area contributed by atoms with Gasteiger partial charge in [-0.2, -0.15) is 0 Å². The number of rotatable bonds is 4. The zero-order valence-electron chi connectivity index (χ0n) is 17.2. The second-order valence-electron chi connectivity index (χ2n) is 8.59. The number of aromatic nitrogens is 1. The van der Waals surface area contributed by atoms with Gasteiger partial charge in [-0.3, -0.25) is 14.2 Å². The number of phenols is 1. The first-order valence-electron chi connectivity index (χ1n) is 9.48. The maximum atomic E-state index is 15.0. The molecule has 0 aliphatic carbocycles. The molecule has 3 rings (SSSR count). The minimum atomic E-state index is -1.12. The number of aliphatic carboxylic acids is 1. The van der Waals surface area contributed by atoms with Gasteiger partial charge in [0.25, 0.3) is 5.91 Å². The third-order valence-corrected chi connectivity index (χ3v) is 5.34. The van der Waals surface area contributed by atoms with E-state index in [1.165, 1.54) is 10.6 Å². The molecule has 0 saturated carbocycles. The van der Waals surface area contributed by atoms with E-state index in [9.17, 15) is 19.8 Å². The van der Waals surface area contributed by atoms with Crippen LogP contribution in [0.15, 0.2) is 36.4 Å². The van der Waals surface area contributed by atoms with Crippen molar-refractivity contribution in [1.82, 2.24) is 4.57 Å². The summed E-state index contributed by atoms with van der Waals surface area (Å²) in [4.78, 5) is 25.4. The lowest BCUT2D eigenvalue weighted by Gasteiger charge is -2.24. The molecule has 3 aromatic rings. The van der Waals surface area contributed by atoms with Gasteiger partial charge in [0.2, 0.25) is 0 Å². The Bertz CT molecular complexity index is 1140. The summed E-state index contributed by atoms with van der Waals surface area (Å²) in [5.74, 6) is -4.14. The standard InChI is InChI=1S/C23H23ClFNO4/c1-12-18(15(22(29)30)11-23(2,3)4)19-16(9-10-17(27)20(19)25)26(12)21(28)13-5-7-14(24)8-6-13/h5-10,15,27H,11H2,1-4H3,(H,29,30). The molecular formula is C23H23ClFNO4. The van der Waals surface area contributed by atoms with Crippen LogP contribution in [0.1, 0.15) is 54.7 Å². The molecule has 2 aromatic carbocycles. The van der Waals surface area contributed by atoms with Gasteiger partial charge in [-0.1, -0.05) is 32.4 Å². The van der Waals surface area contributed by atoms with Crippen molar-refractivity contribution in [2.75, 3.05) is 0 Å². The Kier molecular flexibility index (Phi) is 5.65. The summed E-state index contributed by atoms with van der Waals surface area (Å²) in [6.07, 6.45) is 0.229. The van der Waals surface area contributed by atoms with Gasteiger partial charge in [-0.05, 0) is 60.7 Å². The molecule has 1 unspecified atom stereocenters. The van der Waals surface area contributed by atoms with Gasteiger partial charge in [-0.15, -0.1) is 0 Å². The molecule has 158 valence electrons. The zero-order valence-corrected chi connectivity index (χ0v) is 17.9. The fourth-order valence-corrected chi connectivity index (χ4v) is 3.94. The van der Waals surface area contributed by atoms with E-state index in [-0.39, 0.29) is 28.3 Å². The summed E-state index contributed by atoms with van der Waals surface area (Å²) in [5, 5.41) is 20.3. The highest BCUT2D eigenvalue weighted by atomic mass is 35.5. The summed E-state index contributed by atoms with van der Waals surface area (Å²) >= 11 is 5.91. The summed E-state index contributed by atoms with van der Waals surface area (Å²) in [5.41, 5.74) is 0.687. The van der Waals surface area contributed by atoms with E-state index in [0.717, 1.165) is 6.07 Å². The van der Waals surface area contributed by atoms with Crippen LogP contribution < -0.4 is 0 Å². The van der Waals surface area contributed by atoms with Crippen LogP contribution in [0.5, 0.6) is 5.75 Å². The van der Waals surface area contributed by atoms with Gasteiger partial charge in [0.15, 0.2) is 11.6 Å². The van der Waals surface area contributed by atoms with Crippen molar-refractivity contribution in [3.8, 4) is 5.75 Å². The smallest absolute Gasteiger partial charge is 0.311 e. The molecule has 1 heterocycles. The Morgan fingerprint density at radius 3 is 2.27 bits per heavy atom. The number of phenolic OH excluding ortho intramolecular Hbond substituents is 1. The van der Waals surface area contributed by atoms with Crippen molar-refractivity contribution >= 4 is 34.4 Å². The molecule has 0 radical (unpaired) electrons. The highest BCUT2D eigenvalue weighted by Crippen LogP contribution is 2.41. The number of carbonyl (C=O) groups excluding carboxylic acids is 1. The summed E-state index contributed by atoms with van der Waals surface area (Å²) < 4.78 is 16.3. The minimum absolute atomic E-state index is 0.0496. The molecule has 2 N–H and O–H groups in total. The number of hydrogen-bond acceptors (Lipinski definition) is 3. The van der Waals surface area contributed by atoms with Crippen molar-refractivity contribution in [3.63, 3.8) is 0 Å². The molecule has 7 heteroatoms. The number of carboxylic acids is 1. The van der Waals surface area contributed by atoms with E-state index in [2.05, 4.69) is 0 Å². The first-order chi connectivity index (χ1) is 13.9. The second-order valence-corrected chi connectivity index (χ2v) is 9.03. The number of fused-ring (bicyclic) bond motifs is 1. The van der Waals surface area contributed by atoms with Crippen LogP contribution in [-0.2, 0) is 4.79 Å². The number of carbonyl (C=O) groups is 2. The molecule has 1 aromatic heterocycles. The predicted molar refractivity (Wildman–Crippen MR) is 114 cm³/mol. The average Bonchev–Trinajstić information content (AvgIpc) is 2.94. The van der Waals surface area contributed by atoms with Crippen molar-refractivity contribution in [2.45, 2.75) is 40.0 Å². The first-order valence-corrected chi connectivity index (χ1v) is 9.85. The fraction of sp³-hybridized carbons (Fsp3) is 0.304. The summed E-state index contributed by atoms with van der Waals surface area (Å²) in [7, 11) is 0. The van der Waals surface area contributed by atoms with Crippen molar-refractivity contribution in [3.05, 3.63) is 64.1 Å². The largest absolute Gasteiger partial charge is 0.505 e. The van der Waals surface area contributed by atoms with Gasteiger partial charge in [0.1, 0.15) is 0 Å². The number of nitrogens with zero attached hydrogens (tertiary/aromatic N) is 1. The van der Waals surface area contributed by atoms with Gasteiger partial charge < -0.3 is 10.2 Å². The Hall–Kier alpha value is -2.86. The Morgan fingerprint density at radius 2 is 1.73 bits per heavy atom. The molecule has 0 aliphatic heterocycles. The lowest BCUT2D eigenvalue weighted by atomic mass is 9.80. The Balaban J connectivity index is 2.34. The van der Waals surface area contributed by atoms with E-state index < -0.39 is 29.4 Å². The van der Waals surface area contributed by atoms with E-state index in [1.807, 2.05) is 20.8 Å². The third kappa shape index (κ3) is 3.92. The molecule has 0 spiro atoms. The highest BCUT2D eigenvalue weighted by Gasteiger charge is 2.34. The zero-order chi connectivity index (χ0) is 22.4. The average molecular weight is 432 g/mol. The molecule has 0 fully saturated rings. The lowest BCUT2D eigenvalue weighted by Crippen LogP contribution is -2.21. The summed E-state index contributed by atoms with van der Waals surface area (Å²) in [6.45, 7) is 7.27. The third-order valence-electron chi connectivity index (χ3n) is 5.09. The minimum Gasteiger partial charge on any atom is -0.505 e. The number of aromatic hydroxyl groups is 1. The van der Waals surface area contributed by atoms with E-state index >= 15 is 4.39 Å². The molecular weight excluding hydrogens is 409 g/mol. The van der Waals surface area contributed by atoms with Gasteiger partial charge in [-0.25, -0.2) is 4.39 Å². The molecule has 0 amide bonds. The van der Waals surface area contributed by atoms with Crippen LogP contribution in [0.4, 0.5) is 4.39 Å². The normalized spacial score (nSPS) is 12.9. The summed E-state index contributed by atoms with van der Waals surface area (Å²) in [6, 6.07) is 8.83. The number of halogens is 2. The van der Waals surface area contributed by atoms with Crippen molar-refractivity contribution in [1.29, 1.82) is 0 Å². The molecule has 0 saturated heterocycles. The molecule has 5 nitrogen and oxygen atoms in total. The predicted octanol–water partition coefficient (Wildman–Crippen LogP) is 5.74. The maximum absolute atomic E-state index is 15.0. The van der Waals surface area contributed by atoms with Crippen LogP contribution in [-0.4, -0.2) is 26.7 Å².